The predicted molar refractivity (Wildman–Crippen MR) is 89.4 cm³/mol. The molecular weight excluding hydrogens is 290 g/mol. The van der Waals surface area contributed by atoms with Crippen LogP contribution in [0.4, 0.5) is 0 Å². The van der Waals surface area contributed by atoms with E-state index >= 15 is 0 Å². The van der Waals surface area contributed by atoms with Gasteiger partial charge < -0.3 is 14.8 Å². The Morgan fingerprint density at radius 3 is 2.87 bits per heavy atom. The summed E-state index contributed by atoms with van der Waals surface area (Å²) in [5.74, 6) is -0.00751. The number of hydrogen-bond acceptors (Lipinski definition) is 3. The van der Waals surface area contributed by atoms with Crippen molar-refractivity contribution < 1.29 is 14.3 Å². The summed E-state index contributed by atoms with van der Waals surface area (Å²) >= 11 is 0. The van der Waals surface area contributed by atoms with Crippen molar-refractivity contribution in [2.45, 2.75) is 57.1 Å². The first-order valence-electron chi connectivity index (χ1n) is 8.72. The molecule has 1 aliphatic carbocycles. The highest BCUT2D eigenvalue weighted by atomic mass is 16.5. The van der Waals surface area contributed by atoms with Crippen molar-refractivity contribution in [2.75, 3.05) is 19.8 Å². The van der Waals surface area contributed by atoms with Crippen molar-refractivity contribution >= 4 is 5.91 Å². The predicted octanol–water partition coefficient (Wildman–Crippen LogP) is 2.77. The molecule has 1 unspecified atom stereocenters. The molecule has 4 heteroatoms. The van der Waals surface area contributed by atoms with Gasteiger partial charge in [0.05, 0.1) is 12.7 Å². The fourth-order valence-electron chi connectivity index (χ4n) is 3.22. The molecule has 1 saturated heterocycles. The second-order valence-corrected chi connectivity index (χ2v) is 6.94. The van der Waals surface area contributed by atoms with Crippen LogP contribution in [0.5, 0.6) is 0 Å². The molecule has 23 heavy (non-hydrogen) atoms. The van der Waals surface area contributed by atoms with Crippen LogP contribution in [0.3, 0.4) is 0 Å². The summed E-state index contributed by atoms with van der Waals surface area (Å²) in [5, 5.41) is 3.18. The standard InChI is InChI=1S/C19H27NO3/c1-15-6-2-3-7-16(15)12-19(9-10-19)20-18(21)14-22-13-17-8-4-5-11-23-17/h2-3,6-7,17H,4-5,8-14H2,1H3,(H,20,21). The van der Waals surface area contributed by atoms with Crippen LogP contribution in [-0.2, 0) is 20.7 Å². The molecular formula is C19H27NO3. The lowest BCUT2D eigenvalue weighted by molar-refractivity contribution is -0.128. The third-order valence-corrected chi connectivity index (χ3v) is 4.86. The molecule has 1 heterocycles. The van der Waals surface area contributed by atoms with Gasteiger partial charge in [-0.05, 0) is 56.6 Å². The van der Waals surface area contributed by atoms with Crippen molar-refractivity contribution in [1.29, 1.82) is 0 Å². The monoisotopic (exact) mass is 317 g/mol. The number of benzene rings is 1. The molecule has 0 spiro atoms. The van der Waals surface area contributed by atoms with Crippen LogP contribution in [-0.4, -0.2) is 37.4 Å². The molecule has 2 fully saturated rings. The fraction of sp³-hybridized carbons (Fsp3) is 0.632. The molecule has 1 amide bonds. The molecule has 0 bridgehead atoms. The fourth-order valence-corrected chi connectivity index (χ4v) is 3.22. The number of aryl methyl sites for hydroxylation is 1. The van der Waals surface area contributed by atoms with Crippen LogP contribution < -0.4 is 5.32 Å². The third-order valence-electron chi connectivity index (χ3n) is 4.86. The average molecular weight is 317 g/mol. The Labute approximate surface area is 138 Å². The summed E-state index contributed by atoms with van der Waals surface area (Å²) in [7, 11) is 0. The smallest absolute Gasteiger partial charge is 0.246 e. The topological polar surface area (TPSA) is 47.6 Å². The molecule has 1 aliphatic heterocycles. The normalized spacial score (nSPS) is 22.6. The quantitative estimate of drug-likeness (QED) is 0.841. The lowest BCUT2D eigenvalue weighted by Crippen LogP contribution is -2.41. The molecule has 1 atom stereocenters. The Bertz CT molecular complexity index is 533. The Morgan fingerprint density at radius 2 is 2.17 bits per heavy atom. The minimum atomic E-state index is -0.0477. The summed E-state index contributed by atoms with van der Waals surface area (Å²) in [4.78, 5) is 12.1. The summed E-state index contributed by atoms with van der Waals surface area (Å²) < 4.78 is 11.2. The van der Waals surface area contributed by atoms with Crippen molar-refractivity contribution in [3.05, 3.63) is 35.4 Å². The molecule has 1 aromatic rings. The zero-order valence-corrected chi connectivity index (χ0v) is 14.0. The van der Waals surface area contributed by atoms with Crippen LogP contribution >= 0.6 is 0 Å². The lowest BCUT2D eigenvalue weighted by Gasteiger charge is -2.23. The van der Waals surface area contributed by atoms with Crippen molar-refractivity contribution in [3.8, 4) is 0 Å². The van der Waals surface area contributed by atoms with E-state index in [4.69, 9.17) is 9.47 Å². The van der Waals surface area contributed by atoms with E-state index in [0.29, 0.717) is 6.61 Å². The van der Waals surface area contributed by atoms with Crippen molar-refractivity contribution in [3.63, 3.8) is 0 Å². The highest BCUT2D eigenvalue weighted by Gasteiger charge is 2.44. The maximum atomic E-state index is 12.1. The number of rotatable bonds is 7. The molecule has 2 aliphatic rings. The van der Waals surface area contributed by atoms with Gasteiger partial charge in [0, 0.05) is 12.1 Å². The summed E-state index contributed by atoms with van der Waals surface area (Å²) in [6, 6.07) is 8.39. The Hall–Kier alpha value is -1.39. The molecule has 0 radical (unpaired) electrons. The minimum Gasteiger partial charge on any atom is -0.376 e. The van der Waals surface area contributed by atoms with Crippen LogP contribution in [0.25, 0.3) is 0 Å². The molecule has 126 valence electrons. The van der Waals surface area contributed by atoms with E-state index in [-0.39, 0.29) is 24.2 Å². The largest absolute Gasteiger partial charge is 0.376 e. The summed E-state index contributed by atoms with van der Waals surface area (Å²) in [6.07, 6.45) is 6.56. The van der Waals surface area contributed by atoms with E-state index in [1.54, 1.807) is 0 Å². The first kappa shape index (κ1) is 16.5. The maximum absolute atomic E-state index is 12.1. The highest BCUT2D eigenvalue weighted by Crippen LogP contribution is 2.39. The minimum absolute atomic E-state index is 0.00751. The number of hydrogen-bond donors (Lipinski definition) is 1. The van der Waals surface area contributed by atoms with Gasteiger partial charge in [0.2, 0.25) is 5.91 Å². The van der Waals surface area contributed by atoms with Crippen LogP contribution in [0.1, 0.15) is 43.2 Å². The zero-order chi connectivity index (χ0) is 16.1. The maximum Gasteiger partial charge on any atom is 0.246 e. The number of carbonyl (C=O) groups excluding carboxylic acids is 1. The highest BCUT2D eigenvalue weighted by molar-refractivity contribution is 5.78. The van der Waals surface area contributed by atoms with E-state index in [9.17, 15) is 4.79 Å². The zero-order valence-electron chi connectivity index (χ0n) is 14.0. The first-order valence-corrected chi connectivity index (χ1v) is 8.72. The van der Waals surface area contributed by atoms with Gasteiger partial charge in [0.25, 0.3) is 0 Å². The molecule has 0 aromatic heterocycles. The molecule has 1 aromatic carbocycles. The number of ether oxygens (including phenoxy) is 2. The van der Waals surface area contributed by atoms with Crippen LogP contribution in [0.15, 0.2) is 24.3 Å². The molecule has 1 saturated carbocycles. The summed E-state index contributed by atoms with van der Waals surface area (Å²) in [6.45, 7) is 3.61. The van der Waals surface area contributed by atoms with E-state index in [0.717, 1.165) is 38.7 Å². The van der Waals surface area contributed by atoms with E-state index < -0.39 is 0 Å². The molecule has 1 N–H and O–H groups in total. The third kappa shape index (κ3) is 4.79. The lowest BCUT2D eigenvalue weighted by atomic mass is 9.99. The van der Waals surface area contributed by atoms with Gasteiger partial charge in [-0.2, -0.15) is 0 Å². The molecule has 3 rings (SSSR count). The van der Waals surface area contributed by atoms with E-state index in [1.165, 1.54) is 17.5 Å². The number of amides is 1. The Balaban J connectivity index is 1.41. The SMILES string of the molecule is Cc1ccccc1CC1(NC(=O)COCC2CCCCO2)CC1. The van der Waals surface area contributed by atoms with Gasteiger partial charge in [-0.25, -0.2) is 0 Å². The Kier molecular flexibility index (Phi) is 5.34. The number of nitrogens with one attached hydrogen (secondary N) is 1. The Morgan fingerprint density at radius 1 is 1.35 bits per heavy atom. The van der Waals surface area contributed by atoms with Crippen molar-refractivity contribution in [2.24, 2.45) is 0 Å². The van der Waals surface area contributed by atoms with Gasteiger partial charge in [-0.15, -0.1) is 0 Å². The number of carbonyl (C=O) groups is 1. The van der Waals surface area contributed by atoms with E-state index in [1.807, 2.05) is 0 Å². The first-order chi connectivity index (χ1) is 11.2. The van der Waals surface area contributed by atoms with Gasteiger partial charge in [0.15, 0.2) is 0 Å². The van der Waals surface area contributed by atoms with Crippen LogP contribution in [0, 0.1) is 6.92 Å². The van der Waals surface area contributed by atoms with Gasteiger partial charge in [0.1, 0.15) is 6.61 Å². The summed E-state index contributed by atoms with van der Waals surface area (Å²) in [5.41, 5.74) is 2.56. The average Bonchev–Trinajstić information content (AvgIpc) is 3.30. The van der Waals surface area contributed by atoms with Crippen LogP contribution in [0.2, 0.25) is 0 Å². The van der Waals surface area contributed by atoms with Gasteiger partial charge in [-0.1, -0.05) is 24.3 Å². The second kappa shape index (κ2) is 7.45. The second-order valence-electron chi connectivity index (χ2n) is 6.94. The molecule has 4 nitrogen and oxygen atoms in total. The van der Waals surface area contributed by atoms with E-state index in [2.05, 4.69) is 36.5 Å². The van der Waals surface area contributed by atoms with Gasteiger partial charge >= 0.3 is 0 Å². The van der Waals surface area contributed by atoms with Crippen molar-refractivity contribution in [1.82, 2.24) is 5.32 Å². The van der Waals surface area contributed by atoms with Gasteiger partial charge in [-0.3, -0.25) is 4.79 Å².